The number of nitrogens with one attached hydrogen (secondary N) is 1. The van der Waals surface area contributed by atoms with Crippen LogP contribution < -0.4 is 0 Å². The zero-order chi connectivity index (χ0) is 16.4. The van der Waals surface area contributed by atoms with Gasteiger partial charge in [0.2, 0.25) is 11.8 Å². The quantitative estimate of drug-likeness (QED) is 0.920. The number of amides is 2. The van der Waals surface area contributed by atoms with Crippen molar-refractivity contribution < 1.29 is 9.59 Å². The summed E-state index contributed by atoms with van der Waals surface area (Å²) in [5.41, 5.74) is 1.10. The Bertz CT molecular complexity index is 555. The van der Waals surface area contributed by atoms with Crippen molar-refractivity contribution in [3.05, 3.63) is 18.0 Å². The largest absolute Gasteiger partial charge is 0.340 e. The molecule has 1 aromatic rings. The number of rotatable bonds is 4. The van der Waals surface area contributed by atoms with Crippen molar-refractivity contribution in [3.8, 4) is 0 Å². The summed E-state index contributed by atoms with van der Waals surface area (Å²) in [4.78, 5) is 28.9. The number of hydrogen-bond donors (Lipinski definition) is 1. The zero-order valence-corrected chi connectivity index (χ0v) is 14.0. The molecule has 3 rings (SSSR count). The predicted molar refractivity (Wildman–Crippen MR) is 86.7 cm³/mol. The monoisotopic (exact) mass is 318 g/mol. The molecule has 0 bridgehead atoms. The molecule has 0 saturated carbocycles. The van der Waals surface area contributed by atoms with E-state index >= 15 is 0 Å². The number of carbonyl (C=O) groups is 2. The van der Waals surface area contributed by atoms with Gasteiger partial charge in [0.15, 0.2) is 0 Å². The van der Waals surface area contributed by atoms with Crippen molar-refractivity contribution in [1.29, 1.82) is 0 Å². The number of hydrogen-bond acceptors (Lipinski definition) is 3. The zero-order valence-electron chi connectivity index (χ0n) is 14.0. The van der Waals surface area contributed by atoms with Crippen LogP contribution in [-0.4, -0.2) is 57.5 Å². The fourth-order valence-electron chi connectivity index (χ4n) is 3.85. The maximum Gasteiger partial charge on any atom is 0.245 e. The highest BCUT2D eigenvalue weighted by atomic mass is 16.2. The van der Waals surface area contributed by atoms with Crippen LogP contribution in [0, 0.1) is 5.92 Å². The fourth-order valence-corrected chi connectivity index (χ4v) is 3.85. The van der Waals surface area contributed by atoms with Crippen LogP contribution in [0.25, 0.3) is 0 Å². The third-order valence-corrected chi connectivity index (χ3v) is 5.03. The highest BCUT2D eigenvalue weighted by Crippen LogP contribution is 2.28. The summed E-state index contributed by atoms with van der Waals surface area (Å²) in [6, 6.07) is 1.67. The number of nitrogens with zero attached hydrogens (tertiary/aromatic N) is 3. The number of aromatic amines is 1. The van der Waals surface area contributed by atoms with E-state index in [1.807, 2.05) is 24.8 Å². The molecule has 1 aromatic heterocycles. The summed E-state index contributed by atoms with van der Waals surface area (Å²) in [5, 5.41) is 7.05. The Labute approximate surface area is 137 Å². The maximum absolute atomic E-state index is 13.1. The molecule has 3 heterocycles. The highest BCUT2D eigenvalue weighted by molar-refractivity contribution is 5.89. The molecule has 2 fully saturated rings. The second kappa shape index (κ2) is 6.72. The van der Waals surface area contributed by atoms with E-state index in [0.717, 1.165) is 31.5 Å². The Hall–Kier alpha value is -1.85. The van der Waals surface area contributed by atoms with E-state index in [1.165, 1.54) is 0 Å². The Morgan fingerprint density at radius 2 is 2.17 bits per heavy atom. The first-order chi connectivity index (χ1) is 11.1. The number of aromatic nitrogens is 2. The van der Waals surface area contributed by atoms with Crippen molar-refractivity contribution in [3.63, 3.8) is 0 Å². The molecule has 6 heteroatoms. The molecular weight excluding hydrogens is 292 g/mol. The SMILES string of the molecule is CC(C)[C@H](C(=O)N1CCC[C@H](c2ccn[nH]2)C1)N1CCCC1=O. The van der Waals surface area contributed by atoms with Crippen LogP contribution >= 0.6 is 0 Å². The van der Waals surface area contributed by atoms with Crippen molar-refractivity contribution in [2.45, 2.75) is 51.5 Å². The molecule has 0 unspecified atom stereocenters. The van der Waals surface area contributed by atoms with Crippen LogP contribution in [0.3, 0.4) is 0 Å². The molecule has 2 aliphatic rings. The Morgan fingerprint density at radius 3 is 2.78 bits per heavy atom. The third kappa shape index (κ3) is 3.26. The van der Waals surface area contributed by atoms with Crippen molar-refractivity contribution >= 4 is 11.8 Å². The molecule has 2 amide bonds. The lowest BCUT2D eigenvalue weighted by Crippen LogP contribution is -2.53. The van der Waals surface area contributed by atoms with Crippen LogP contribution in [0.1, 0.15) is 51.1 Å². The highest BCUT2D eigenvalue weighted by Gasteiger charge is 2.38. The Morgan fingerprint density at radius 1 is 1.35 bits per heavy atom. The molecule has 2 aliphatic heterocycles. The van der Waals surface area contributed by atoms with E-state index in [0.29, 0.717) is 25.4 Å². The first kappa shape index (κ1) is 16.0. The second-order valence-corrected chi connectivity index (χ2v) is 7.01. The normalized spacial score (nSPS) is 23.6. The minimum atomic E-state index is -0.314. The van der Waals surface area contributed by atoms with Gasteiger partial charge >= 0.3 is 0 Å². The molecule has 0 spiro atoms. The Balaban J connectivity index is 1.73. The summed E-state index contributed by atoms with van der Waals surface area (Å²) in [7, 11) is 0. The van der Waals surface area contributed by atoms with Crippen molar-refractivity contribution in [2.75, 3.05) is 19.6 Å². The van der Waals surface area contributed by atoms with Gasteiger partial charge in [-0.25, -0.2) is 0 Å². The summed E-state index contributed by atoms with van der Waals surface area (Å²) >= 11 is 0. The van der Waals surface area contributed by atoms with Gasteiger partial charge in [-0.2, -0.15) is 5.10 Å². The lowest BCUT2D eigenvalue weighted by atomic mass is 9.93. The average molecular weight is 318 g/mol. The van der Waals surface area contributed by atoms with E-state index in [9.17, 15) is 9.59 Å². The molecule has 6 nitrogen and oxygen atoms in total. The van der Waals surface area contributed by atoms with Crippen molar-refractivity contribution in [2.24, 2.45) is 5.92 Å². The number of carbonyl (C=O) groups excluding carboxylic acids is 2. The van der Waals surface area contributed by atoms with Gasteiger partial charge < -0.3 is 9.80 Å². The molecule has 0 aliphatic carbocycles. The molecule has 2 saturated heterocycles. The van der Waals surface area contributed by atoms with Crippen LogP contribution in [0.15, 0.2) is 12.3 Å². The van der Waals surface area contributed by atoms with E-state index < -0.39 is 0 Å². The lowest BCUT2D eigenvalue weighted by molar-refractivity contribution is -0.146. The van der Waals surface area contributed by atoms with Crippen LogP contribution in [0.5, 0.6) is 0 Å². The van der Waals surface area contributed by atoms with Crippen LogP contribution in [0.2, 0.25) is 0 Å². The summed E-state index contributed by atoms with van der Waals surface area (Å²) in [5.74, 6) is 0.688. The van der Waals surface area contributed by atoms with Gasteiger partial charge in [-0.3, -0.25) is 14.7 Å². The van der Waals surface area contributed by atoms with Gasteiger partial charge in [0.1, 0.15) is 6.04 Å². The number of H-pyrrole nitrogens is 1. The third-order valence-electron chi connectivity index (χ3n) is 5.03. The van der Waals surface area contributed by atoms with E-state index in [4.69, 9.17) is 0 Å². The minimum Gasteiger partial charge on any atom is -0.340 e. The first-order valence-corrected chi connectivity index (χ1v) is 8.65. The summed E-state index contributed by atoms with van der Waals surface area (Å²) in [6.45, 7) is 6.28. The topological polar surface area (TPSA) is 69.3 Å². The molecule has 126 valence electrons. The Kier molecular flexibility index (Phi) is 4.68. The van der Waals surface area contributed by atoms with Gasteiger partial charge in [0, 0.05) is 43.9 Å². The second-order valence-electron chi connectivity index (χ2n) is 7.01. The van der Waals surface area contributed by atoms with Gasteiger partial charge in [-0.05, 0) is 31.2 Å². The molecular formula is C17H26N4O2. The smallest absolute Gasteiger partial charge is 0.245 e. The fraction of sp³-hybridized carbons (Fsp3) is 0.706. The summed E-state index contributed by atoms with van der Waals surface area (Å²) < 4.78 is 0. The van der Waals surface area contributed by atoms with Gasteiger partial charge in [0.05, 0.1) is 0 Å². The standard InChI is InChI=1S/C17H26N4O2/c1-12(2)16(21-10-4-6-15(21)22)17(23)20-9-3-5-13(11-20)14-7-8-18-19-14/h7-8,12-13,16H,3-6,9-11H2,1-2H3,(H,18,19)/t13-,16+/m0/s1. The van der Waals surface area contributed by atoms with Crippen LogP contribution in [0.4, 0.5) is 0 Å². The maximum atomic E-state index is 13.1. The van der Waals surface area contributed by atoms with E-state index in [-0.39, 0.29) is 23.8 Å². The van der Waals surface area contributed by atoms with Crippen molar-refractivity contribution in [1.82, 2.24) is 20.0 Å². The number of likely N-dealkylation sites (tertiary alicyclic amines) is 2. The molecule has 1 N–H and O–H groups in total. The molecule has 0 aromatic carbocycles. The van der Waals surface area contributed by atoms with Gasteiger partial charge in [-0.15, -0.1) is 0 Å². The molecule has 23 heavy (non-hydrogen) atoms. The van der Waals surface area contributed by atoms with E-state index in [1.54, 1.807) is 11.1 Å². The van der Waals surface area contributed by atoms with Gasteiger partial charge in [0.25, 0.3) is 0 Å². The minimum absolute atomic E-state index is 0.111. The summed E-state index contributed by atoms with van der Waals surface area (Å²) in [6.07, 6.45) is 5.27. The predicted octanol–water partition coefficient (Wildman–Crippen LogP) is 1.76. The number of piperidine rings is 1. The molecule has 0 radical (unpaired) electrons. The molecule has 2 atom stereocenters. The van der Waals surface area contributed by atoms with Gasteiger partial charge in [-0.1, -0.05) is 13.8 Å². The van der Waals surface area contributed by atoms with Crippen LogP contribution in [-0.2, 0) is 9.59 Å². The first-order valence-electron chi connectivity index (χ1n) is 8.65. The lowest BCUT2D eigenvalue weighted by Gasteiger charge is -2.38. The average Bonchev–Trinajstić information content (AvgIpc) is 3.20. The van der Waals surface area contributed by atoms with E-state index in [2.05, 4.69) is 10.2 Å².